The van der Waals surface area contributed by atoms with Gasteiger partial charge in [0.05, 0.1) is 0 Å². The van der Waals surface area contributed by atoms with E-state index < -0.39 is 0 Å². The van der Waals surface area contributed by atoms with Crippen molar-refractivity contribution in [2.45, 2.75) is 46.1 Å². The van der Waals surface area contributed by atoms with Crippen molar-refractivity contribution in [2.75, 3.05) is 11.9 Å². The molecule has 1 aromatic rings. The van der Waals surface area contributed by atoms with Crippen LogP contribution < -0.4 is 10.6 Å². The third-order valence-corrected chi connectivity index (χ3v) is 2.19. The van der Waals surface area contributed by atoms with E-state index in [0.717, 1.165) is 19.4 Å². The summed E-state index contributed by atoms with van der Waals surface area (Å²) >= 11 is 0. The SMILES string of the molecule is CCCCNc1nccc(C(=O)NC(C)(C)C)n1. The highest BCUT2D eigenvalue weighted by Crippen LogP contribution is 2.05. The van der Waals surface area contributed by atoms with E-state index in [-0.39, 0.29) is 11.4 Å². The van der Waals surface area contributed by atoms with Gasteiger partial charge in [0.2, 0.25) is 5.95 Å². The Morgan fingerprint density at radius 1 is 1.39 bits per heavy atom. The molecule has 5 heteroatoms. The number of rotatable bonds is 5. The van der Waals surface area contributed by atoms with Crippen LogP contribution in [0.3, 0.4) is 0 Å². The lowest BCUT2D eigenvalue weighted by atomic mass is 10.1. The lowest BCUT2D eigenvalue weighted by Crippen LogP contribution is -2.41. The van der Waals surface area contributed by atoms with Gasteiger partial charge in [0.1, 0.15) is 5.69 Å². The molecule has 0 fully saturated rings. The Kier molecular flexibility index (Phi) is 5.07. The van der Waals surface area contributed by atoms with Gasteiger partial charge in [-0.1, -0.05) is 13.3 Å². The van der Waals surface area contributed by atoms with Crippen LogP contribution in [0, 0.1) is 0 Å². The maximum atomic E-state index is 11.9. The molecular weight excluding hydrogens is 228 g/mol. The highest BCUT2D eigenvalue weighted by atomic mass is 16.2. The van der Waals surface area contributed by atoms with E-state index >= 15 is 0 Å². The minimum atomic E-state index is -0.266. The Morgan fingerprint density at radius 2 is 2.11 bits per heavy atom. The minimum absolute atomic E-state index is 0.177. The first-order chi connectivity index (χ1) is 8.42. The number of carbonyl (C=O) groups is 1. The molecule has 0 bridgehead atoms. The van der Waals surface area contributed by atoms with Crippen molar-refractivity contribution in [3.05, 3.63) is 18.0 Å². The molecule has 0 saturated heterocycles. The summed E-state index contributed by atoms with van der Waals surface area (Å²) in [6.07, 6.45) is 3.76. The molecule has 0 atom stereocenters. The molecule has 0 radical (unpaired) electrons. The van der Waals surface area contributed by atoms with E-state index in [9.17, 15) is 4.79 Å². The highest BCUT2D eigenvalue weighted by molar-refractivity contribution is 5.92. The van der Waals surface area contributed by atoms with Gasteiger partial charge in [-0.05, 0) is 33.3 Å². The van der Waals surface area contributed by atoms with Crippen molar-refractivity contribution < 1.29 is 4.79 Å². The molecule has 1 rings (SSSR count). The summed E-state index contributed by atoms with van der Waals surface area (Å²) in [6, 6.07) is 1.62. The zero-order chi connectivity index (χ0) is 13.6. The molecule has 2 N–H and O–H groups in total. The topological polar surface area (TPSA) is 66.9 Å². The van der Waals surface area contributed by atoms with Crippen molar-refractivity contribution in [3.63, 3.8) is 0 Å². The van der Waals surface area contributed by atoms with Gasteiger partial charge in [0.15, 0.2) is 0 Å². The fourth-order valence-electron chi connectivity index (χ4n) is 1.35. The van der Waals surface area contributed by atoms with Gasteiger partial charge in [-0.15, -0.1) is 0 Å². The van der Waals surface area contributed by atoms with Gasteiger partial charge in [-0.2, -0.15) is 0 Å². The van der Waals surface area contributed by atoms with E-state index in [1.807, 2.05) is 20.8 Å². The first kappa shape index (κ1) is 14.4. The zero-order valence-corrected chi connectivity index (χ0v) is 11.6. The molecule has 0 aliphatic rings. The van der Waals surface area contributed by atoms with Crippen LogP contribution >= 0.6 is 0 Å². The first-order valence-corrected chi connectivity index (χ1v) is 6.32. The third-order valence-electron chi connectivity index (χ3n) is 2.19. The number of nitrogens with zero attached hydrogens (tertiary/aromatic N) is 2. The predicted molar refractivity (Wildman–Crippen MR) is 72.6 cm³/mol. The standard InChI is InChI=1S/C13H22N4O/c1-5-6-8-14-12-15-9-7-10(16-12)11(18)17-13(2,3)4/h7,9H,5-6,8H2,1-4H3,(H,17,18)(H,14,15,16). The first-order valence-electron chi connectivity index (χ1n) is 6.32. The highest BCUT2D eigenvalue weighted by Gasteiger charge is 2.16. The van der Waals surface area contributed by atoms with Gasteiger partial charge in [0.25, 0.3) is 5.91 Å². The summed E-state index contributed by atoms with van der Waals surface area (Å²) in [6.45, 7) is 8.75. The average molecular weight is 250 g/mol. The summed E-state index contributed by atoms with van der Waals surface area (Å²) < 4.78 is 0. The maximum absolute atomic E-state index is 11.9. The van der Waals surface area contributed by atoms with Gasteiger partial charge < -0.3 is 10.6 Å². The molecule has 0 aliphatic carbocycles. The smallest absolute Gasteiger partial charge is 0.270 e. The molecule has 5 nitrogen and oxygen atoms in total. The second kappa shape index (κ2) is 6.33. The molecule has 1 aromatic heterocycles. The quantitative estimate of drug-likeness (QED) is 0.786. The van der Waals surface area contributed by atoms with E-state index in [4.69, 9.17) is 0 Å². The molecule has 18 heavy (non-hydrogen) atoms. The van der Waals surface area contributed by atoms with Crippen molar-refractivity contribution in [1.29, 1.82) is 0 Å². The van der Waals surface area contributed by atoms with E-state index in [2.05, 4.69) is 27.5 Å². The maximum Gasteiger partial charge on any atom is 0.270 e. The number of nitrogens with one attached hydrogen (secondary N) is 2. The third kappa shape index (κ3) is 5.12. The normalized spacial score (nSPS) is 11.1. The molecule has 0 spiro atoms. The summed E-state index contributed by atoms with van der Waals surface area (Å²) in [7, 11) is 0. The summed E-state index contributed by atoms with van der Waals surface area (Å²) in [4.78, 5) is 20.2. The number of hydrogen-bond acceptors (Lipinski definition) is 4. The number of hydrogen-bond donors (Lipinski definition) is 2. The molecule has 1 heterocycles. The number of carbonyl (C=O) groups excluding carboxylic acids is 1. The molecular formula is C13H22N4O. The number of anilines is 1. The van der Waals surface area contributed by atoms with Crippen LogP contribution in [0.4, 0.5) is 5.95 Å². The van der Waals surface area contributed by atoms with Crippen LogP contribution in [0.25, 0.3) is 0 Å². The number of aromatic nitrogens is 2. The Morgan fingerprint density at radius 3 is 2.72 bits per heavy atom. The van der Waals surface area contributed by atoms with Crippen LogP contribution in [0.2, 0.25) is 0 Å². The van der Waals surface area contributed by atoms with Crippen molar-refractivity contribution in [3.8, 4) is 0 Å². The number of unbranched alkanes of at least 4 members (excludes halogenated alkanes) is 1. The van der Waals surface area contributed by atoms with Crippen molar-refractivity contribution >= 4 is 11.9 Å². The van der Waals surface area contributed by atoms with E-state index in [0.29, 0.717) is 11.6 Å². The second-order valence-corrected chi connectivity index (χ2v) is 5.25. The van der Waals surface area contributed by atoms with Crippen LogP contribution in [0.15, 0.2) is 12.3 Å². The Bertz CT molecular complexity index is 398. The van der Waals surface area contributed by atoms with Crippen molar-refractivity contribution in [1.82, 2.24) is 15.3 Å². The fraction of sp³-hybridized carbons (Fsp3) is 0.615. The largest absolute Gasteiger partial charge is 0.354 e. The van der Waals surface area contributed by atoms with E-state index in [1.54, 1.807) is 12.3 Å². The Labute approximate surface area is 108 Å². The molecule has 1 amide bonds. The average Bonchev–Trinajstić information content (AvgIpc) is 2.27. The van der Waals surface area contributed by atoms with Crippen LogP contribution in [-0.2, 0) is 0 Å². The number of amides is 1. The molecule has 0 saturated carbocycles. The monoisotopic (exact) mass is 250 g/mol. The fourth-order valence-corrected chi connectivity index (χ4v) is 1.35. The molecule has 0 unspecified atom stereocenters. The Balaban J connectivity index is 2.66. The second-order valence-electron chi connectivity index (χ2n) is 5.25. The van der Waals surface area contributed by atoms with Gasteiger partial charge in [-0.25, -0.2) is 9.97 Å². The van der Waals surface area contributed by atoms with E-state index in [1.165, 1.54) is 0 Å². The summed E-state index contributed by atoms with van der Waals surface area (Å²) in [5.41, 5.74) is 0.122. The zero-order valence-electron chi connectivity index (χ0n) is 11.6. The van der Waals surface area contributed by atoms with Gasteiger partial charge in [0, 0.05) is 18.3 Å². The van der Waals surface area contributed by atoms with Crippen LogP contribution in [0.5, 0.6) is 0 Å². The lowest BCUT2D eigenvalue weighted by molar-refractivity contribution is 0.0914. The predicted octanol–water partition coefficient (Wildman–Crippen LogP) is 2.22. The lowest BCUT2D eigenvalue weighted by Gasteiger charge is -2.20. The van der Waals surface area contributed by atoms with Crippen molar-refractivity contribution in [2.24, 2.45) is 0 Å². The minimum Gasteiger partial charge on any atom is -0.354 e. The van der Waals surface area contributed by atoms with Crippen LogP contribution in [0.1, 0.15) is 51.0 Å². The van der Waals surface area contributed by atoms with Gasteiger partial charge in [-0.3, -0.25) is 4.79 Å². The summed E-state index contributed by atoms with van der Waals surface area (Å²) in [5, 5.41) is 5.97. The Hall–Kier alpha value is -1.65. The molecule has 0 aliphatic heterocycles. The van der Waals surface area contributed by atoms with Gasteiger partial charge >= 0.3 is 0 Å². The molecule has 0 aromatic carbocycles. The molecule has 100 valence electrons. The van der Waals surface area contributed by atoms with Crippen LogP contribution in [-0.4, -0.2) is 28.0 Å². The summed E-state index contributed by atoms with van der Waals surface area (Å²) in [5.74, 6) is 0.327.